The summed E-state index contributed by atoms with van der Waals surface area (Å²) in [6.45, 7) is 9.34. The molecule has 0 N–H and O–H groups in total. The van der Waals surface area contributed by atoms with Gasteiger partial charge < -0.3 is 42.6 Å². The van der Waals surface area contributed by atoms with Gasteiger partial charge in [-0.1, -0.05) is 0 Å². The predicted molar refractivity (Wildman–Crippen MR) is 109 cm³/mol. The van der Waals surface area contributed by atoms with Gasteiger partial charge in [0.2, 0.25) is 0 Å². The summed E-state index contributed by atoms with van der Waals surface area (Å²) in [4.78, 5) is 35.3. The Hall–Kier alpha value is -1.67. The second-order valence-electron chi connectivity index (χ2n) is 9.65. The summed E-state index contributed by atoms with van der Waals surface area (Å²) in [6, 6.07) is 0. The molecule has 192 valence electrons. The van der Waals surface area contributed by atoms with E-state index in [2.05, 4.69) is 0 Å². The van der Waals surface area contributed by atoms with Crippen molar-refractivity contribution in [3.63, 3.8) is 0 Å². The molecule has 34 heavy (non-hydrogen) atoms. The Bertz CT molecular complexity index is 810. The molecular weight excluding hydrogens is 456 g/mol. The Kier molecular flexibility index (Phi) is 7.04. The molecule has 4 saturated heterocycles. The summed E-state index contributed by atoms with van der Waals surface area (Å²) in [6.07, 6.45) is -6.00. The number of carbonyl (C=O) groups is 3. The highest BCUT2D eigenvalue weighted by Crippen LogP contribution is 2.44. The smallest absolute Gasteiger partial charge is 0.303 e. The van der Waals surface area contributed by atoms with Gasteiger partial charge in [0.15, 0.2) is 36.0 Å². The SMILES string of the molecule is CC(=O)OC[C@H]1O[C@H](OC[C@H]2OC3OC(C)(C)O[C@@H]3[C@H]3OC(C)(C)O[C@H]32)CC(=O)[C@@H]1OC(C)=O. The number of rotatable bonds is 6. The van der Waals surface area contributed by atoms with Crippen LogP contribution in [0.4, 0.5) is 0 Å². The summed E-state index contributed by atoms with van der Waals surface area (Å²) < 4.78 is 51.8. The Balaban J connectivity index is 1.42. The maximum Gasteiger partial charge on any atom is 0.303 e. The van der Waals surface area contributed by atoms with Crippen LogP contribution in [0.3, 0.4) is 0 Å². The third kappa shape index (κ3) is 5.59. The van der Waals surface area contributed by atoms with Crippen LogP contribution in [0.15, 0.2) is 0 Å². The van der Waals surface area contributed by atoms with Gasteiger partial charge in [0.1, 0.15) is 37.1 Å². The molecule has 12 nitrogen and oxygen atoms in total. The van der Waals surface area contributed by atoms with E-state index in [0.717, 1.165) is 0 Å². The second kappa shape index (κ2) is 9.41. The maximum atomic E-state index is 12.6. The topological polar surface area (TPSA) is 134 Å². The van der Waals surface area contributed by atoms with Crippen LogP contribution in [0.5, 0.6) is 0 Å². The summed E-state index contributed by atoms with van der Waals surface area (Å²) >= 11 is 0. The molecule has 8 atom stereocenters. The zero-order valence-corrected chi connectivity index (χ0v) is 20.1. The first kappa shape index (κ1) is 25.4. The van der Waals surface area contributed by atoms with Crippen molar-refractivity contribution in [3.05, 3.63) is 0 Å². The Morgan fingerprint density at radius 1 is 0.853 bits per heavy atom. The number of ether oxygens (including phenoxy) is 9. The molecule has 4 rings (SSSR count). The summed E-state index contributed by atoms with van der Waals surface area (Å²) in [5, 5.41) is 0. The number of carbonyl (C=O) groups excluding carboxylic acids is 3. The van der Waals surface area contributed by atoms with E-state index in [4.69, 9.17) is 42.6 Å². The van der Waals surface area contributed by atoms with Crippen LogP contribution < -0.4 is 0 Å². The summed E-state index contributed by atoms with van der Waals surface area (Å²) in [5.74, 6) is -3.30. The average Bonchev–Trinajstić information content (AvgIpc) is 3.20. The molecule has 0 aromatic carbocycles. The van der Waals surface area contributed by atoms with E-state index >= 15 is 0 Å². The number of esters is 2. The van der Waals surface area contributed by atoms with E-state index in [1.165, 1.54) is 13.8 Å². The lowest BCUT2D eigenvalue weighted by atomic mass is 9.99. The van der Waals surface area contributed by atoms with E-state index in [1.807, 2.05) is 0 Å². The first-order chi connectivity index (χ1) is 15.8. The van der Waals surface area contributed by atoms with Crippen LogP contribution >= 0.6 is 0 Å². The molecule has 0 aromatic rings. The highest BCUT2D eigenvalue weighted by atomic mass is 16.9. The molecular formula is C22H32O12. The molecule has 0 bridgehead atoms. The minimum absolute atomic E-state index is 0.00405. The maximum absolute atomic E-state index is 12.6. The monoisotopic (exact) mass is 488 g/mol. The van der Waals surface area contributed by atoms with Crippen molar-refractivity contribution in [2.24, 2.45) is 0 Å². The number of fused-ring (bicyclic) bond motifs is 3. The van der Waals surface area contributed by atoms with Crippen molar-refractivity contribution in [2.75, 3.05) is 13.2 Å². The van der Waals surface area contributed by atoms with Crippen LogP contribution in [-0.4, -0.2) is 91.7 Å². The molecule has 12 heteroatoms. The van der Waals surface area contributed by atoms with E-state index in [9.17, 15) is 14.4 Å². The van der Waals surface area contributed by atoms with Crippen molar-refractivity contribution in [1.29, 1.82) is 0 Å². The van der Waals surface area contributed by atoms with Gasteiger partial charge in [0.25, 0.3) is 0 Å². The number of Topliss-reactive ketones (excluding diaryl/α,β-unsaturated/α-hetero) is 1. The zero-order chi connectivity index (χ0) is 24.8. The molecule has 0 aromatic heterocycles. The van der Waals surface area contributed by atoms with Gasteiger partial charge in [0, 0.05) is 13.8 Å². The highest BCUT2D eigenvalue weighted by Gasteiger charge is 2.60. The van der Waals surface area contributed by atoms with Crippen LogP contribution in [0.25, 0.3) is 0 Å². The van der Waals surface area contributed by atoms with Gasteiger partial charge in [-0.25, -0.2) is 0 Å². The van der Waals surface area contributed by atoms with Gasteiger partial charge in [-0.3, -0.25) is 14.4 Å². The van der Waals surface area contributed by atoms with Crippen LogP contribution in [-0.2, 0) is 57.0 Å². The van der Waals surface area contributed by atoms with Crippen molar-refractivity contribution in [2.45, 2.75) is 109 Å². The molecule has 0 saturated carbocycles. The minimum atomic E-state index is -1.19. The third-order valence-electron chi connectivity index (χ3n) is 5.79. The molecule has 4 fully saturated rings. The Morgan fingerprint density at radius 2 is 1.50 bits per heavy atom. The van der Waals surface area contributed by atoms with Crippen molar-refractivity contribution in [3.8, 4) is 0 Å². The fourth-order valence-corrected chi connectivity index (χ4v) is 4.58. The first-order valence-corrected chi connectivity index (χ1v) is 11.3. The van der Waals surface area contributed by atoms with Crippen molar-refractivity contribution < 1.29 is 57.0 Å². The predicted octanol–water partition coefficient (Wildman–Crippen LogP) is 0.578. The molecule has 0 radical (unpaired) electrons. The fourth-order valence-electron chi connectivity index (χ4n) is 4.58. The largest absolute Gasteiger partial charge is 0.463 e. The van der Waals surface area contributed by atoms with Gasteiger partial charge in [-0.15, -0.1) is 0 Å². The van der Waals surface area contributed by atoms with E-state index in [0.29, 0.717) is 0 Å². The number of ketones is 1. The van der Waals surface area contributed by atoms with Crippen LogP contribution in [0.1, 0.15) is 48.0 Å². The van der Waals surface area contributed by atoms with E-state index < -0.39 is 78.5 Å². The van der Waals surface area contributed by atoms with Gasteiger partial charge >= 0.3 is 11.9 Å². The summed E-state index contributed by atoms with van der Waals surface area (Å²) in [7, 11) is 0. The van der Waals surface area contributed by atoms with Crippen molar-refractivity contribution in [1.82, 2.24) is 0 Å². The van der Waals surface area contributed by atoms with Gasteiger partial charge in [-0.05, 0) is 27.7 Å². The lowest BCUT2D eigenvalue weighted by Crippen LogP contribution is -2.57. The van der Waals surface area contributed by atoms with Crippen LogP contribution in [0.2, 0.25) is 0 Å². The minimum Gasteiger partial charge on any atom is -0.463 e. The summed E-state index contributed by atoms with van der Waals surface area (Å²) in [5.41, 5.74) is 0. The molecule has 0 amide bonds. The second-order valence-corrected chi connectivity index (χ2v) is 9.65. The lowest BCUT2D eigenvalue weighted by molar-refractivity contribution is -0.270. The standard InChI is InChI=1S/C22H32O12/c1-10(23)26-8-13-16(28-11(2)24)12(25)7-15(29-13)27-9-14-17-18(32-21(3,4)31-17)19-20(30-14)34-22(5,6)33-19/h13-20H,7-9H2,1-6H3/t13-,14-,15+,16+,17+,18+,19-,20?/m1/s1. The third-order valence-corrected chi connectivity index (χ3v) is 5.79. The average molecular weight is 488 g/mol. The first-order valence-electron chi connectivity index (χ1n) is 11.3. The number of hydrogen-bond acceptors (Lipinski definition) is 12. The van der Waals surface area contributed by atoms with E-state index in [1.54, 1.807) is 27.7 Å². The lowest BCUT2D eigenvalue weighted by Gasteiger charge is -2.38. The van der Waals surface area contributed by atoms with E-state index in [-0.39, 0.29) is 19.6 Å². The molecule has 4 aliphatic heterocycles. The van der Waals surface area contributed by atoms with Gasteiger partial charge in [-0.2, -0.15) is 0 Å². The molecule has 1 unspecified atom stereocenters. The fraction of sp³-hybridized carbons (Fsp3) is 0.864. The number of hydrogen-bond donors (Lipinski definition) is 0. The highest BCUT2D eigenvalue weighted by molar-refractivity contribution is 5.86. The molecule has 0 spiro atoms. The quantitative estimate of drug-likeness (QED) is 0.484. The van der Waals surface area contributed by atoms with Gasteiger partial charge in [0.05, 0.1) is 13.0 Å². The molecule has 4 heterocycles. The van der Waals surface area contributed by atoms with Crippen LogP contribution in [0, 0.1) is 0 Å². The zero-order valence-electron chi connectivity index (χ0n) is 20.1. The Labute approximate surface area is 197 Å². The molecule has 0 aliphatic carbocycles. The Morgan fingerprint density at radius 3 is 2.18 bits per heavy atom. The van der Waals surface area contributed by atoms with Crippen molar-refractivity contribution >= 4 is 17.7 Å². The normalized spacial score (nSPS) is 40.4. The molecule has 4 aliphatic rings.